The van der Waals surface area contributed by atoms with Crippen molar-refractivity contribution in [3.05, 3.63) is 0 Å². The number of rotatable bonds is 3. The zero-order valence-corrected chi connectivity index (χ0v) is 7.68. The van der Waals surface area contributed by atoms with E-state index in [1.807, 2.05) is 0 Å². The predicted octanol–water partition coefficient (Wildman–Crippen LogP) is 1.37. The van der Waals surface area contributed by atoms with Crippen LogP contribution < -0.4 is 5.48 Å². The SMILES string of the molecule is OC1CCCCC1NOCC(F)(F)F. The molecule has 6 heteroatoms. The Morgan fingerprint density at radius 1 is 1.29 bits per heavy atom. The average Bonchev–Trinajstić information content (AvgIpc) is 2.06. The zero-order valence-electron chi connectivity index (χ0n) is 7.68. The normalized spacial score (nSPS) is 29.1. The van der Waals surface area contributed by atoms with Gasteiger partial charge in [0.2, 0.25) is 0 Å². The number of alkyl halides is 3. The standard InChI is InChI=1S/C8H14F3NO2/c9-8(10,11)5-14-12-6-3-1-2-4-7(6)13/h6-7,12-13H,1-5H2. The van der Waals surface area contributed by atoms with E-state index < -0.39 is 18.9 Å². The first kappa shape index (κ1) is 11.7. The van der Waals surface area contributed by atoms with Crippen molar-refractivity contribution in [1.29, 1.82) is 0 Å². The number of aliphatic hydroxyl groups excluding tert-OH is 1. The Kier molecular flexibility index (Phi) is 4.15. The van der Waals surface area contributed by atoms with Crippen LogP contribution in [0, 0.1) is 0 Å². The monoisotopic (exact) mass is 213 g/mol. The Balaban J connectivity index is 2.17. The smallest absolute Gasteiger partial charge is 0.391 e. The van der Waals surface area contributed by atoms with Crippen LogP contribution in [0.15, 0.2) is 0 Å². The van der Waals surface area contributed by atoms with Crippen molar-refractivity contribution in [3.63, 3.8) is 0 Å². The van der Waals surface area contributed by atoms with Gasteiger partial charge in [-0.05, 0) is 12.8 Å². The van der Waals surface area contributed by atoms with Crippen molar-refractivity contribution < 1.29 is 23.1 Å². The third kappa shape index (κ3) is 4.26. The van der Waals surface area contributed by atoms with E-state index in [1.165, 1.54) is 0 Å². The Hall–Kier alpha value is -0.330. The minimum Gasteiger partial charge on any atom is -0.391 e. The fourth-order valence-electron chi connectivity index (χ4n) is 1.48. The van der Waals surface area contributed by atoms with Crippen molar-refractivity contribution in [3.8, 4) is 0 Å². The molecule has 0 amide bonds. The van der Waals surface area contributed by atoms with Crippen molar-refractivity contribution in [2.75, 3.05) is 6.61 Å². The molecule has 2 atom stereocenters. The molecular formula is C8H14F3NO2. The fraction of sp³-hybridized carbons (Fsp3) is 1.00. The summed E-state index contributed by atoms with van der Waals surface area (Å²) in [6.07, 6.45) is -1.83. The van der Waals surface area contributed by atoms with Gasteiger partial charge in [0.15, 0.2) is 6.61 Å². The highest BCUT2D eigenvalue weighted by Gasteiger charge is 2.29. The van der Waals surface area contributed by atoms with Gasteiger partial charge in [-0.3, -0.25) is 4.84 Å². The lowest BCUT2D eigenvalue weighted by molar-refractivity contribution is -0.197. The topological polar surface area (TPSA) is 41.5 Å². The quantitative estimate of drug-likeness (QED) is 0.696. The predicted molar refractivity (Wildman–Crippen MR) is 43.4 cm³/mol. The lowest BCUT2D eigenvalue weighted by Gasteiger charge is -2.27. The summed E-state index contributed by atoms with van der Waals surface area (Å²) in [6, 6.07) is -0.369. The zero-order chi connectivity index (χ0) is 10.6. The first-order valence-electron chi connectivity index (χ1n) is 4.61. The first-order chi connectivity index (χ1) is 6.49. The van der Waals surface area contributed by atoms with E-state index in [2.05, 4.69) is 10.3 Å². The van der Waals surface area contributed by atoms with Crippen LogP contribution in [0.5, 0.6) is 0 Å². The van der Waals surface area contributed by atoms with Crippen molar-refractivity contribution in [2.45, 2.75) is 44.0 Å². The molecule has 0 aliphatic heterocycles. The van der Waals surface area contributed by atoms with Crippen molar-refractivity contribution in [2.24, 2.45) is 0 Å². The molecule has 84 valence electrons. The van der Waals surface area contributed by atoms with Crippen LogP contribution in [0.3, 0.4) is 0 Å². The molecule has 0 aromatic heterocycles. The number of halogens is 3. The van der Waals surface area contributed by atoms with Crippen LogP contribution >= 0.6 is 0 Å². The highest BCUT2D eigenvalue weighted by molar-refractivity contribution is 4.77. The molecule has 3 nitrogen and oxygen atoms in total. The van der Waals surface area contributed by atoms with Crippen LogP contribution in [0.4, 0.5) is 13.2 Å². The van der Waals surface area contributed by atoms with E-state index in [0.29, 0.717) is 12.8 Å². The molecular weight excluding hydrogens is 199 g/mol. The molecule has 2 N–H and O–H groups in total. The van der Waals surface area contributed by atoms with Crippen molar-refractivity contribution >= 4 is 0 Å². The van der Waals surface area contributed by atoms with Gasteiger partial charge in [-0.1, -0.05) is 12.8 Å². The summed E-state index contributed by atoms with van der Waals surface area (Å²) in [5.74, 6) is 0. The highest BCUT2D eigenvalue weighted by Crippen LogP contribution is 2.19. The van der Waals surface area contributed by atoms with Crippen LogP contribution in [0.25, 0.3) is 0 Å². The maximum absolute atomic E-state index is 11.7. The first-order valence-corrected chi connectivity index (χ1v) is 4.61. The molecule has 0 aromatic rings. The molecule has 14 heavy (non-hydrogen) atoms. The number of aliphatic hydroxyl groups is 1. The lowest BCUT2D eigenvalue weighted by Crippen LogP contribution is -2.43. The summed E-state index contributed by atoms with van der Waals surface area (Å²) < 4.78 is 35.0. The number of hydroxylamine groups is 1. The van der Waals surface area contributed by atoms with Crippen LogP contribution in [0.2, 0.25) is 0 Å². The summed E-state index contributed by atoms with van der Waals surface area (Å²) in [4.78, 5) is 4.27. The molecule has 0 heterocycles. The minimum atomic E-state index is -4.33. The van der Waals surface area contributed by atoms with Gasteiger partial charge < -0.3 is 5.11 Å². The molecule has 1 rings (SSSR count). The molecule has 0 aromatic carbocycles. The molecule has 0 saturated heterocycles. The Morgan fingerprint density at radius 2 is 1.93 bits per heavy atom. The van der Waals surface area contributed by atoms with E-state index in [0.717, 1.165) is 12.8 Å². The maximum atomic E-state index is 11.7. The summed E-state index contributed by atoms with van der Waals surface area (Å²) in [5.41, 5.74) is 2.26. The van der Waals surface area contributed by atoms with Gasteiger partial charge in [0.1, 0.15) is 0 Å². The summed E-state index contributed by atoms with van der Waals surface area (Å²) >= 11 is 0. The van der Waals surface area contributed by atoms with Crippen LogP contribution in [-0.2, 0) is 4.84 Å². The van der Waals surface area contributed by atoms with Crippen LogP contribution in [-0.4, -0.2) is 30.0 Å². The minimum absolute atomic E-state index is 0.369. The van der Waals surface area contributed by atoms with Gasteiger partial charge >= 0.3 is 6.18 Å². The number of nitrogens with one attached hydrogen (secondary N) is 1. The summed E-state index contributed by atoms with van der Waals surface area (Å²) in [7, 11) is 0. The third-order valence-corrected chi connectivity index (χ3v) is 2.20. The summed E-state index contributed by atoms with van der Waals surface area (Å²) in [5, 5.41) is 9.37. The van der Waals surface area contributed by atoms with Gasteiger partial charge in [-0.25, -0.2) is 0 Å². The largest absolute Gasteiger partial charge is 0.413 e. The lowest BCUT2D eigenvalue weighted by atomic mass is 9.93. The second-order valence-electron chi connectivity index (χ2n) is 3.48. The number of hydrogen-bond donors (Lipinski definition) is 2. The highest BCUT2D eigenvalue weighted by atomic mass is 19.4. The van der Waals surface area contributed by atoms with E-state index in [4.69, 9.17) is 0 Å². The van der Waals surface area contributed by atoms with Crippen molar-refractivity contribution in [1.82, 2.24) is 5.48 Å². The third-order valence-electron chi connectivity index (χ3n) is 2.20. The van der Waals surface area contributed by atoms with Gasteiger partial charge in [-0.2, -0.15) is 18.7 Å². The molecule has 1 saturated carbocycles. The van der Waals surface area contributed by atoms with E-state index in [-0.39, 0.29) is 6.04 Å². The average molecular weight is 213 g/mol. The van der Waals surface area contributed by atoms with Gasteiger partial charge in [0.25, 0.3) is 0 Å². The molecule has 1 aliphatic carbocycles. The second-order valence-corrected chi connectivity index (χ2v) is 3.48. The molecule has 2 unspecified atom stereocenters. The van der Waals surface area contributed by atoms with Gasteiger partial charge in [-0.15, -0.1) is 0 Å². The summed E-state index contributed by atoms with van der Waals surface area (Å²) in [6.45, 7) is -1.32. The van der Waals surface area contributed by atoms with Crippen LogP contribution in [0.1, 0.15) is 25.7 Å². The number of hydrogen-bond acceptors (Lipinski definition) is 3. The second kappa shape index (κ2) is 4.95. The Morgan fingerprint density at radius 3 is 2.50 bits per heavy atom. The molecule has 0 bridgehead atoms. The molecule has 0 spiro atoms. The molecule has 0 radical (unpaired) electrons. The fourth-order valence-corrected chi connectivity index (χ4v) is 1.48. The van der Waals surface area contributed by atoms with Gasteiger partial charge in [0.05, 0.1) is 12.1 Å². The van der Waals surface area contributed by atoms with E-state index >= 15 is 0 Å². The Bertz CT molecular complexity index is 174. The molecule has 1 fully saturated rings. The van der Waals surface area contributed by atoms with E-state index in [9.17, 15) is 18.3 Å². The molecule has 1 aliphatic rings. The Labute approximate surface area is 80.2 Å². The maximum Gasteiger partial charge on any atom is 0.413 e. The van der Waals surface area contributed by atoms with E-state index in [1.54, 1.807) is 0 Å². The van der Waals surface area contributed by atoms with Gasteiger partial charge in [0, 0.05) is 0 Å².